The van der Waals surface area contributed by atoms with Crippen molar-refractivity contribution in [3.05, 3.63) is 0 Å². The van der Waals surface area contributed by atoms with Gasteiger partial charge in [0.25, 0.3) is 0 Å². The lowest BCUT2D eigenvalue weighted by molar-refractivity contribution is -0.141. The van der Waals surface area contributed by atoms with Crippen molar-refractivity contribution in [2.75, 3.05) is 13.7 Å². The molecular weight excluding hydrogens is 236 g/mol. The molecule has 18 heavy (non-hydrogen) atoms. The van der Waals surface area contributed by atoms with E-state index in [9.17, 15) is 9.59 Å². The molecule has 0 aliphatic carbocycles. The van der Waals surface area contributed by atoms with Crippen molar-refractivity contribution in [3.63, 3.8) is 0 Å². The third-order valence-corrected chi connectivity index (χ3v) is 2.70. The van der Waals surface area contributed by atoms with Gasteiger partial charge < -0.3 is 20.1 Å². The maximum Gasteiger partial charge on any atom is 0.410 e. The third-order valence-electron chi connectivity index (χ3n) is 2.70. The Bertz CT molecular complexity index is 325. The molecule has 0 saturated carbocycles. The summed E-state index contributed by atoms with van der Waals surface area (Å²) in [6, 6.07) is -0.352. The summed E-state index contributed by atoms with van der Waals surface area (Å²) >= 11 is 0. The van der Waals surface area contributed by atoms with Gasteiger partial charge in [-0.15, -0.1) is 0 Å². The molecule has 1 amide bonds. The lowest BCUT2D eigenvalue weighted by Gasteiger charge is -2.28. The van der Waals surface area contributed by atoms with Crippen LogP contribution in [-0.4, -0.2) is 48.3 Å². The summed E-state index contributed by atoms with van der Waals surface area (Å²) in [5.74, 6) is -0.345. The Kier molecular flexibility index (Phi) is 4.56. The number of methoxy groups -OCH3 is 1. The molecule has 6 nitrogen and oxygen atoms in total. The standard InChI is InChI=1S/C12H22N2O4/c1-12(2,3)18-11(16)14-7-8(13)5-9(14)6-10(15)17-4/h8-9H,5-7,13H2,1-4H3. The molecule has 0 aromatic carbocycles. The second-order valence-corrected chi connectivity index (χ2v) is 5.56. The number of hydrogen-bond acceptors (Lipinski definition) is 5. The van der Waals surface area contributed by atoms with Gasteiger partial charge in [0, 0.05) is 18.6 Å². The Morgan fingerprint density at radius 1 is 1.39 bits per heavy atom. The quantitative estimate of drug-likeness (QED) is 0.744. The number of ether oxygens (including phenoxy) is 2. The first kappa shape index (κ1) is 14.8. The molecule has 1 fully saturated rings. The zero-order valence-corrected chi connectivity index (χ0v) is 11.4. The number of likely N-dealkylation sites (tertiary alicyclic amines) is 1. The number of rotatable bonds is 2. The molecule has 1 heterocycles. The van der Waals surface area contributed by atoms with Crippen LogP contribution in [0, 0.1) is 0 Å². The van der Waals surface area contributed by atoms with E-state index in [1.807, 2.05) is 0 Å². The maximum absolute atomic E-state index is 12.0. The highest BCUT2D eigenvalue weighted by Crippen LogP contribution is 2.22. The molecule has 0 spiro atoms. The van der Waals surface area contributed by atoms with E-state index in [-0.39, 0.29) is 24.5 Å². The number of nitrogens with zero attached hydrogens (tertiary/aromatic N) is 1. The van der Waals surface area contributed by atoms with Crippen molar-refractivity contribution < 1.29 is 19.1 Å². The van der Waals surface area contributed by atoms with Crippen molar-refractivity contribution >= 4 is 12.1 Å². The summed E-state index contributed by atoms with van der Waals surface area (Å²) < 4.78 is 9.91. The Labute approximate surface area is 107 Å². The van der Waals surface area contributed by atoms with Crippen LogP contribution >= 0.6 is 0 Å². The van der Waals surface area contributed by atoms with Crippen LogP contribution in [0.2, 0.25) is 0 Å². The SMILES string of the molecule is COC(=O)CC1CC(N)CN1C(=O)OC(C)(C)C. The Balaban J connectivity index is 2.66. The molecule has 2 N–H and O–H groups in total. The fourth-order valence-corrected chi connectivity index (χ4v) is 1.97. The van der Waals surface area contributed by atoms with Gasteiger partial charge in [-0.3, -0.25) is 4.79 Å². The van der Waals surface area contributed by atoms with Crippen LogP contribution in [0.3, 0.4) is 0 Å². The summed E-state index contributed by atoms with van der Waals surface area (Å²) in [7, 11) is 1.33. The molecule has 0 aromatic rings. The predicted molar refractivity (Wildman–Crippen MR) is 66.0 cm³/mol. The number of esters is 1. The second-order valence-electron chi connectivity index (χ2n) is 5.56. The van der Waals surface area contributed by atoms with Crippen molar-refractivity contribution in [2.45, 2.75) is 51.3 Å². The third kappa shape index (κ3) is 4.18. The van der Waals surface area contributed by atoms with E-state index in [4.69, 9.17) is 10.5 Å². The summed E-state index contributed by atoms with van der Waals surface area (Å²) in [4.78, 5) is 24.8. The van der Waals surface area contributed by atoms with E-state index < -0.39 is 11.7 Å². The van der Waals surface area contributed by atoms with Gasteiger partial charge in [-0.25, -0.2) is 4.79 Å². The van der Waals surface area contributed by atoms with Crippen LogP contribution in [0.4, 0.5) is 4.79 Å². The molecule has 2 unspecified atom stereocenters. The van der Waals surface area contributed by atoms with Crippen LogP contribution in [-0.2, 0) is 14.3 Å². The zero-order chi connectivity index (χ0) is 13.9. The first-order valence-electron chi connectivity index (χ1n) is 6.05. The van der Waals surface area contributed by atoms with Gasteiger partial charge in [0.15, 0.2) is 0 Å². The molecular formula is C12H22N2O4. The van der Waals surface area contributed by atoms with Gasteiger partial charge >= 0.3 is 12.1 Å². The number of carbonyl (C=O) groups is 2. The van der Waals surface area contributed by atoms with Crippen LogP contribution in [0.5, 0.6) is 0 Å². The fourth-order valence-electron chi connectivity index (χ4n) is 1.97. The van der Waals surface area contributed by atoms with E-state index in [2.05, 4.69) is 4.74 Å². The monoisotopic (exact) mass is 258 g/mol. The highest BCUT2D eigenvalue weighted by Gasteiger charge is 2.37. The first-order chi connectivity index (χ1) is 8.23. The van der Waals surface area contributed by atoms with Crippen molar-refractivity contribution in [3.8, 4) is 0 Å². The van der Waals surface area contributed by atoms with Crippen molar-refractivity contribution in [1.29, 1.82) is 0 Å². The normalized spacial score (nSPS) is 23.9. The van der Waals surface area contributed by atoms with E-state index in [1.165, 1.54) is 12.0 Å². The van der Waals surface area contributed by atoms with Crippen LogP contribution in [0.1, 0.15) is 33.6 Å². The average Bonchev–Trinajstić information content (AvgIpc) is 2.56. The Morgan fingerprint density at radius 3 is 2.50 bits per heavy atom. The molecule has 1 rings (SSSR count). The van der Waals surface area contributed by atoms with Gasteiger partial charge in [0.1, 0.15) is 5.60 Å². The predicted octanol–water partition coefficient (Wildman–Crippen LogP) is 0.886. The minimum atomic E-state index is -0.556. The van der Waals surface area contributed by atoms with Crippen LogP contribution < -0.4 is 5.73 Å². The summed E-state index contributed by atoms with van der Waals surface area (Å²) in [5, 5.41) is 0. The fraction of sp³-hybridized carbons (Fsp3) is 0.833. The minimum Gasteiger partial charge on any atom is -0.469 e. The molecule has 0 aromatic heterocycles. The highest BCUT2D eigenvalue weighted by atomic mass is 16.6. The summed E-state index contributed by atoms with van der Waals surface area (Å²) in [6.45, 7) is 5.82. The summed E-state index contributed by atoms with van der Waals surface area (Å²) in [6.07, 6.45) is 0.321. The zero-order valence-electron chi connectivity index (χ0n) is 11.4. The number of nitrogens with two attached hydrogens (primary N) is 1. The molecule has 1 aliphatic rings. The first-order valence-corrected chi connectivity index (χ1v) is 6.05. The van der Waals surface area contributed by atoms with Gasteiger partial charge in [-0.05, 0) is 27.2 Å². The molecule has 1 saturated heterocycles. The van der Waals surface area contributed by atoms with E-state index >= 15 is 0 Å². The smallest absolute Gasteiger partial charge is 0.410 e. The lowest BCUT2D eigenvalue weighted by Crippen LogP contribution is -2.41. The van der Waals surface area contributed by atoms with Gasteiger partial charge in [0.05, 0.1) is 13.5 Å². The molecule has 0 radical (unpaired) electrons. The largest absolute Gasteiger partial charge is 0.469 e. The van der Waals surface area contributed by atoms with Crippen LogP contribution in [0.15, 0.2) is 0 Å². The second kappa shape index (κ2) is 5.56. The molecule has 6 heteroatoms. The van der Waals surface area contributed by atoms with Crippen molar-refractivity contribution in [1.82, 2.24) is 4.90 Å². The van der Waals surface area contributed by atoms with Gasteiger partial charge in [-0.2, -0.15) is 0 Å². The minimum absolute atomic E-state index is 0.118. The van der Waals surface area contributed by atoms with Gasteiger partial charge in [0.2, 0.25) is 0 Å². The topological polar surface area (TPSA) is 81.9 Å². The lowest BCUT2D eigenvalue weighted by atomic mass is 10.1. The van der Waals surface area contributed by atoms with E-state index in [0.29, 0.717) is 13.0 Å². The van der Waals surface area contributed by atoms with Crippen LogP contribution in [0.25, 0.3) is 0 Å². The number of amides is 1. The van der Waals surface area contributed by atoms with E-state index in [1.54, 1.807) is 20.8 Å². The van der Waals surface area contributed by atoms with Crippen molar-refractivity contribution in [2.24, 2.45) is 5.73 Å². The molecule has 2 atom stereocenters. The molecule has 1 aliphatic heterocycles. The number of carbonyl (C=O) groups excluding carboxylic acids is 2. The molecule has 0 bridgehead atoms. The highest BCUT2D eigenvalue weighted by molar-refractivity contribution is 5.73. The number of hydrogen-bond donors (Lipinski definition) is 1. The summed E-state index contributed by atoms with van der Waals surface area (Å²) in [5.41, 5.74) is 5.28. The van der Waals surface area contributed by atoms with E-state index in [0.717, 1.165) is 0 Å². The average molecular weight is 258 g/mol. The Morgan fingerprint density at radius 2 is 2.00 bits per heavy atom. The maximum atomic E-state index is 12.0. The Hall–Kier alpha value is -1.30. The van der Waals surface area contributed by atoms with Gasteiger partial charge in [-0.1, -0.05) is 0 Å². The molecule has 104 valence electrons.